The number of rotatable bonds is 0. The molecule has 0 saturated carbocycles. The van der Waals surface area contributed by atoms with Crippen molar-refractivity contribution in [3.63, 3.8) is 0 Å². The van der Waals surface area contributed by atoms with Gasteiger partial charge in [0.25, 0.3) is 0 Å². The van der Waals surface area contributed by atoms with Crippen LogP contribution in [0.3, 0.4) is 0 Å². The van der Waals surface area contributed by atoms with Gasteiger partial charge < -0.3 is 5.73 Å². The molecule has 0 aromatic heterocycles. The maximum Gasteiger partial charge on any atom is 0.152 e. The zero-order chi connectivity index (χ0) is 7.84. The molecule has 2 aliphatic heterocycles. The number of hydrogen-bond acceptors (Lipinski definition) is 3. The van der Waals surface area contributed by atoms with E-state index in [-0.39, 0.29) is 0 Å². The molecule has 0 saturated heterocycles. The fourth-order valence-electron chi connectivity index (χ4n) is 1.23. The Kier molecular flexibility index (Phi) is 1.39. The predicted octanol–water partition coefficient (Wildman–Crippen LogP) is 0.985. The Bertz CT molecular complexity index is 277. The zero-order valence-electron chi connectivity index (χ0n) is 5.92. The van der Waals surface area contributed by atoms with E-state index in [1.165, 1.54) is 0 Å². The van der Waals surface area contributed by atoms with E-state index in [2.05, 4.69) is 11.1 Å². The van der Waals surface area contributed by atoms with Crippen LogP contribution in [0.5, 0.6) is 0 Å². The van der Waals surface area contributed by atoms with Crippen LogP contribution in [0.2, 0.25) is 0 Å². The number of amidine groups is 1. The summed E-state index contributed by atoms with van der Waals surface area (Å²) in [6.45, 7) is 0.811. The summed E-state index contributed by atoms with van der Waals surface area (Å²) in [7, 11) is 0. The van der Waals surface area contributed by atoms with Gasteiger partial charge in [0.2, 0.25) is 0 Å². The summed E-state index contributed by atoms with van der Waals surface area (Å²) in [6.07, 6.45) is 4.64. The molecule has 58 valence electrons. The average molecular weight is 170 g/mol. The van der Waals surface area contributed by atoms with Crippen molar-refractivity contribution in [2.75, 3.05) is 6.54 Å². The lowest BCUT2D eigenvalue weighted by Gasteiger charge is -2.20. The maximum absolute atomic E-state index is 5.86. The van der Waals surface area contributed by atoms with Crippen molar-refractivity contribution in [3.8, 4) is 0 Å². The second-order valence-electron chi connectivity index (χ2n) is 2.53. The fraction of sp³-hybridized carbons (Fsp3) is 0.286. The molecule has 11 heavy (non-hydrogen) atoms. The first-order valence-corrected chi connectivity index (χ1v) is 3.80. The van der Waals surface area contributed by atoms with E-state index in [1.54, 1.807) is 10.6 Å². The van der Waals surface area contributed by atoms with Gasteiger partial charge in [-0.3, -0.25) is 4.42 Å². The molecule has 0 aromatic rings. The summed E-state index contributed by atoms with van der Waals surface area (Å²) < 4.78 is 1.60. The van der Waals surface area contributed by atoms with Gasteiger partial charge in [-0.15, -0.1) is 0 Å². The highest BCUT2D eigenvalue weighted by Crippen LogP contribution is 2.23. The van der Waals surface area contributed by atoms with Crippen LogP contribution >= 0.6 is 11.8 Å². The van der Waals surface area contributed by atoms with Crippen LogP contribution in [-0.2, 0) is 0 Å². The minimum atomic E-state index is 0.713. The van der Waals surface area contributed by atoms with Crippen molar-refractivity contribution in [2.45, 2.75) is 6.42 Å². The van der Waals surface area contributed by atoms with Crippen LogP contribution < -0.4 is 5.73 Å². The van der Waals surface area contributed by atoms with Crippen molar-refractivity contribution < 1.29 is 0 Å². The van der Waals surface area contributed by atoms with Gasteiger partial charge in [0.05, 0.1) is 11.9 Å². The number of nitrogens with two attached hydrogens (primary N) is 1. The first kappa shape index (κ1) is 6.73. The summed E-state index contributed by atoms with van der Waals surface area (Å²) >= 11 is 5.86. The minimum absolute atomic E-state index is 0.713. The molecule has 2 rings (SSSR count). The highest BCUT2D eigenvalue weighted by Gasteiger charge is 2.22. The Balaban J connectivity index is 2.39. The van der Waals surface area contributed by atoms with E-state index in [0.29, 0.717) is 5.70 Å². The van der Waals surface area contributed by atoms with Crippen molar-refractivity contribution in [2.24, 2.45) is 10.7 Å². The number of nitrogens with zero attached hydrogens (tertiary/aromatic N) is 2. The highest BCUT2D eigenvalue weighted by molar-refractivity contribution is 6.27. The topological polar surface area (TPSA) is 41.6 Å². The number of halogens is 1. The number of aliphatic imine (C=N–C) groups is 1. The molecule has 2 heterocycles. The molecule has 0 unspecified atom stereocenters. The molecule has 3 nitrogen and oxygen atoms in total. The first-order chi connectivity index (χ1) is 5.29. The quantitative estimate of drug-likeness (QED) is 0.550. The van der Waals surface area contributed by atoms with Gasteiger partial charge in [-0.25, -0.2) is 4.99 Å². The number of fused-ring (bicyclic) bond motifs is 1. The largest absolute Gasteiger partial charge is 0.397 e. The van der Waals surface area contributed by atoms with E-state index in [0.717, 1.165) is 24.4 Å². The van der Waals surface area contributed by atoms with Crippen molar-refractivity contribution in [1.82, 2.24) is 4.42 Å². The second kappa shape index (κ2) is 2.27. The molecule has 2 N–H and O–H groups in total. The minimum Gasteiger partial charge on any atom is -0.397 e. The number of hydrogen-bond donors (Lipinski definition) is 1. The molecule has 0 amide bonds. The third-order valence-electron chi connectivity index (χ3n) is 1.78. The smallest absolute Gasteiger partial charge is 0.152 e. The van der Waals surface area contributed by atoms with E-state index >= 15 is 0 Å². The van der Waals surface area contributed by atoms with Gasteiger partial charge in [0.1, 0.15) is 0 Å². The molecule has 0 fully saturated rings. The van der Waals surface area contributed by atoms with Gasteiger partial charge in [-0.2, -0.15) is 0 Å². The zero-order valence-corrected chi connectivity index (χ0v) is 6.67. The third-order valence-corrected chi connectivity index (χ3v) is 2.11. The van der Waals surface area contributed by atoms with Crippen LogP contribution in [0.1, 0.15) is 6.42 Å². The first-order valence-electron chi connectivity index (χ1n) is 3.46. The van der Waals surface area contributed by atoms with Gasteiger partial charge in [-0.1, -0.05) is 6.08 Å². The molecule has 0 bridgehead atoms. The Hall–Kier alpha value is -0.960. The molecule has 4 heteroatoms. The Morgan fingerprint density at radius 2 is 2.45 bits per heavy atom. The monoisotopic (exact) mass is 169 g/mol. The van der Waals surface area contributed by atoms with Gasteiger partial charge in [0, 0.05) is 23.9 Å². The Morgan fingerprint density at radius 1 is 1.64 bits per heavy atom. The molecular weight excluding hydrogens is 162 g/mol. The average Bonchev–Trinajstić information content (AvgIpc) is 2.35. The van der Waals surface area contributed by atoms with Crippen LogP contribution in [0.15, 0.2) is 28.5 Å². The van der Waals surface area contributed by atoms with Gasteiger partial charge in [-0.05, 0) is 6.42 Å². The molecule has 0 aromatic carbocycles. The molecular formula is C7H8ClN3. The predicted molar refractivity (Wildman–Crippen MR) is 45.0 cm³/mol. The Labute approximate surface area is 69.9 Å². The normalized spacial score (nSPS) is 22.3. The second-order valence-corrected chi connectivity index (χ2v) is 2.94. The molecule has 0 atom stereocenters. The van der Waals surface area contributed by atoms with Crippen molar-refractivity contribution >= 4 is 17.6 Å². The van der Waals surface area contributed by atoms with Crippen LogP contribution in [0.4, 0.5) is 0 Å². The van der Waals surface area contributed by atoms with E-state index in [9.17, 15) is 0 Å². The summed E-state index contributed by atoms with van der Waals surface area (Å²) in [4.78, 5) is 4.08. The van der Waals surface area contributed by atoms with Crippen molar-refractivity contribution in [1.29, 1.82) is 0 Å². The summed E-state index contributed by atoms with van der Waals surface area (Å²) in [5.74, 6) is 0.787. The van der Waals surface area contributed by atoms with Crippen LogP contribution in [-0.4, -0.2) is 16.8 Å². The van der Waals surface area contributed by atoms with Crippen LogP contribution in [0.25, 0.3) is 0 Å². The lowest BCUT2D eigenvalue weighted by atomic mass is 10.1. The molecule has 2 aliphatic rings. The molecule has 0 spiro atoms. The lowest BCUT2D eigenvalue weighted by Crippen LogP contribution is -2.27. The van der Waals surface area contributed by atoms with E-state index in [1.807, 2.05) is 0 Å². The Morgan fingerprint density at radius 3 is 3.18 bits per heavy atom. The standard InChI is InChI=1S/C7H8ClN3/c8-11-3-1-2-5-6(9)4-10-7(5)11/h2,4H,1,3,9H2. The van der Waals surface area contributed by atoms with Gasteiger partial charge in [0.15, 0.2) is 5.84 Å². The van der Waals surface area contributed by atoms with Gasteiger partial charge >= 0.3 is 0 Å². The third kappa shape index (κ3) is 0.922. The summed E-state index contributed by atoms with van der Waals surface area (Å²) in [5.41, 5.74) is 7.34. The highest BCUT2D eigenvalue weighted by atomic mass is 35.5. The fourth-order valence-corrected chi connectivity index (χ4v) is 1.46. The summed E-state index contributed by atoms with van der Waals surface area (Å²) in [5, 5.41) is 0. The van der Waals surface area contributed by atoms with E-state index < -0.39 is 0 Å². The maximum atomic E-state index is 5.86. The lowest BCUT2D eigenvalue weighted by molar-refractivity contribution is 0.645. The molecule has 0 radical (unpaired) electrons. The molecule has 0 aliphatic carbocycles. The van der Waals surface area contributed by atoms with E-state index in [4.69, 9.17) is 17.5 Å². The SMILES string of the molecule is NC1=CN=C2C1=CCCN2Cl. The van der Waals surface area contributed by atoms with Crippen LogP contribution in [0, 0.1) is 0 Å². The summed E-state index contributed by atoms with van der Waals surface area (Å²) in [6, 6.07) is 0. The van der Waals surface area contributed by atoms with Crippen molar-refractivity contribution in [3.05, 3.63) is 23.5 Å².